The van der Waals surface area contributed by atoms with Gasteiger partial charge in [-0.05, 0) is 58.0 Å². The number of Topliss-reactive ketones (excluding diaryl/α,β-unsaturated/α-hetero) is 1. The number of nitrogens with zero attached hydrogens (tertiary/aromatic N) is 3. The maximum Gasteiger partial charge on any atom is 0.256 e. The molecule has 31 heavy (non-hydrogen) atoms. The zero-order valence-corrected chi connectivity index (χ0v) is 18.7. The molecule has 1 spiro atoms. The van der Waals surface area contributed by atoms with Crippen LogP contribution in [0.5, 0.6) is 5.75 Å². The molecular formula is C24H30FN3O3. The number of hydrogen-bond acceptors (Lipinski definition) is 4. The molecule has 2 aliphatic rings. The van der Waals surface area contributed by atoms with Crippen LogP contribution in [0.15, 0.2) is 30.3 Å². The Hall–Kier alpha value is -2.67. The van der Waals surface area contributed by atoms with Crippen LogP contribution < -0.4 is 4.74 Å². The average molecular weight is 428 g/mol. The van der Waals surface area contributed by atoms with E-state index in [9.17, 15) is 14.0 Å². The Labute approximate surface area is 182 Å². The highest BCUT2D eigenvalue weighted by atomic mass is 19.1. The van der Waals surface area contributed by atoms with Gasteiger partial charge in [-0.25, -0.2) is 4.39 Å². The van der Waals surface area contributed by atoms with Crippen molar-refractivity contribution in [1.82, 2.24) is 14.4 Å². The van der Waals surface area contributed by atoms with Gasteiger partial charge < -0.3 is 14.2 Å². The van der Waals surface area contributed by atoms with Crippen LogP contribution in [0.2, 0.25) is 0 Å². The number of ketones is 1. The zero-order valence-electron chi connectivity index (χ0n) is 18.7. The summed E-state index contributed by atoms with van der Waals surface area (Å²) in [5, 5.41) is 0. The maximum atomic E-state index is 14.6. The number of carbonyl (C=O) groups is 2. The SMILES string of the molecule is CC(=O)c1ccc2n1CCN(C)C21CCN(C(=O)c2ccc(OC(C)C)cc2F)CC1. The van der Waals surface area contributed by atoms with Gasteiger partial charge in [-0.3, -0.25) is 14.5 Å². The number of piperidine rings is 1. The second-order valence-electron chi connectivity index (χ2n) is 8.87. The lowest BCUT2D eigenvalue weighted by Crippen LogP contribution is -2.56. The summed E-state index contributed by atoms with van der Waals surface area (Å²) >= 11 is 0. The molecule has 1 aromatic heterocycles. The molecule has 2 aromatic rings. The summed E-state index contributed by atoms with van der Waals surface area (Å²) in [5.74, 6) is -0.355. The van der Waals surface area contributed by atoms with Crippen LogP contribution in [0.3, 0.4) is 0 Å². The number of halogens is 1. The van der Waals surface area contributed by atoms with E-state index in [-0.39, 0.29) is 28.9 Å². The Kier molecular flexibility index (Phi) is 5.64. The number of hydrogen-bond donors (Lipinski definition) is 0. The summed E-state index contributed by atoms with van der Waals surface area (Å²) in [5.41, 5.74) is 1.74. The fourth-order valence-electron chi connectivity index (χ4n) is 4.98. The molecule has 4 rings (SSSR count). The molecule has 0 unspecified atom stereocenters. The predicted octanol–water partition coefficient (Wildman–Crippen LogP) is 3.69. The topological polar surface area (TPSA) is 54.8 Å². The molecule has 1 fully saturated rings. The van der Waals surface area contributed by atoms with Crippen LogP contribution in [0.1, 0.15) is 60.2 Å². The smallest absolute Gasteiger partial charge is 0.256 e. The van der Waals surface area contributed by atoms with Gasteiger partial charge in [0, 0.05) is 44.9 Å². The molecule has 7 heteroatoms. The third kappa shape index (κ3) is 3.76. The Morgan fingerprint density at radius 2 is 1.77 bits per heavy atom. The van der Waals surface area contributed by atoms with Gasteiger partial charge in [0.1, 0.15) is 11.6 Å². The minimum atomic E-state index is -0.557. The third-order valence-corrected chi connectivity index (χ3v) is 6.63. The van der Waals surface area contributed by atoms with Crippen LogP contribution in [0, 0.1) is 5.82 Å². The van der Waals surface area contributed by atoms with Crippen LogP contribution in [-0.2, 0) is 12.1 Å². The molecule has 0 bridgehead atoms. The van der Waals surface area contributed by atoms with Crippen LogP contribution >= 0.6 is 0 Å². The first-order valence-corrected chi connectivity index (χ1v) is 10.9. The molecule has 1 amide bonds. The van der Waals surface area contributed by atoms with Crippen molar-refractivity contribution < 1.29 is 18.7 Å². The number of likely N-dealkylation sites (N-methyl/N-ethyl adjacent to an activating group) is 1. The summed E-state index contributed by atoms with van der Waals surface area (Å²) in [6.45, 7) is 8.05. The fraction of sp³-hybridized carbons (Fsp3) is 0.500. The summed E-state index contributed by atoms with van der Waals surface area (Å²) in [4.78, 5) is 29.1. The second-order valence-corrected chi connectivity index (χ2v) is 8.87. The number of likely N-dealkylation sites (tertiary alicyclic amines) is 1. The second kappa shape index (κ2) is 8.11. The molecule has 166 valence electrons. The number of ether oxygens (including phenoxy) is 1. The van der Waals surface area contributed by atoms with Crippen LogP contribution in [0.4, 0.5) is 4.39 Å². The number of amides is 1. The summed E-state index contributed by atoms with van der Waals surface area (Å²) < 4.78 is 22.3. The van der Waals surface area contributed by atoms with Crippen molar-refractivity contribution >= 4 is 11.7 Å². The minimum Gasteiger partial charge on any atom is -0.491 e. The molecule has 3 heterocycles. The molecule has 1 aromatic carbocycles. The molecule has 0 radical (unpaired) electrons. The zero-order chi connectivity index (χ0) is 22.3. The lowest BCUT2D eigenvalue weighted by atomic mass is 9.81. The van der Waals surface area contributed by atoms with E-state index < -0.39 is 5.82 Å². The monoisotopic (exact) mass is 427 g/mol. The van der Waals surface area contributed by atoms with Gasteiger partial charge in [0.05, 0.1) is 22.9 Å². The standard InChI is InChI=1S/C24H30FN3O3/c1-16(2)31-18-5-6-19(20(25)15-18)23(30)27-11-9-24(10-12-27)22-8-7-21(17(3)29)28(22)14-13-26(24)4/h5-8,15-16H,9-14H2,1-4H3. The van der Waals surface area contributed by atoms with E-state index in [2.05, 4.69) is 22.6 Å². The number of rotatable bonds is 4. The highest BCUT2D eigenvalue weighted by molar-refractivity contribution is 5.95. The summed E-state index contributed by atoms with van der Waals surface area (Å²) in [6, 6.07) is 8.40. The Morgan fingerprint density at radius 3 is 2.39 bits per heavy atom. The van der Waals surface area contributed by atoms with Gasteiger partial charge in [0.15, 0.2) is 5.78 Å². The van der Waals surface area contributed by atoms with E-state index >= 15 is 0 Å². The number of benzene rings is 1. The highest BCUT2D eigenvalue weighted by Crippen LogP contribution is 2.41. The quantitative estimate of drug-likeness (QED) is 0.699. The number of fused-ring (bicyclic) bond motifs is 2. The van der Waals surface area contributed by atoms with E-state index in [0.717, 1.165) is 37.3 Å². The van der Waals surface area contributed by atoms with Gasteiger partial charge in [0.25, 0.3) is 5.91 Å². The van der Waals surface area contributed by atoms with Crippen molar-refractivity contribution in [2.75, 3.05) is 26.7 Å². The Morgan fingerprint density at radius 1 is 1.06 bits per heavy atom. The molecular weight excluding hydrogens is 397 g/mol. The lowest BCUT2D eigenvalue weighted by molar-refractivity contribution is 0.0126. The molecule has 2 aliphatic heterocycles. The molecule has 0 saturated carbocycles. The average Bonchev–Trinajstić information content (AvgIpc) is 3.16. The van der Waals surface area contributed by atoms with Crippen molar-refractivity contribution in [2.24, 2.45) is 0 Å². The molecule has 6 nitrogen and oxygen atoms in total. The number of aromatic nitrogens is 1. The van der Waals surface area contributed by atoms with E-state index in [1.54, 1.807) is 17.9 Å². The number of carbonyl (C=O) groups excluding carboxylic acids is 2. The van der Waals surface area contributed by atoms with Crippen LogP contribution in [-0.4, -0.2) is 58.8 Å². The van der Waals surface area contributed by atoms with E-state index in [0.29, 0.717) is 18.8 Å². The van der Waals surface area contributed by atoms with Gasteiger partial charge in [-0.15, -0.1) is 0 Å². The molecule has 1 saturated heterocycles. The summed E-state index contributed by atoms with van der Waals surface area (Å²) in [6.07, 6.45) is 1.42. The fourth-order valence-corrected chi connectivity index (χ4v) is 4.98. The van der Waals surface area contributed by atoms with Crippen molar-refractivity contribution in [1.29, 1.82) is 0 Å². The molecule has 0 N–H and O–H groups in total. The predicted molar refractivity (Wildman–Crippen MR) is 116 cm³/mol. The van der Waals surface area contributed by atoms with E-state index in [4.69, 9.17) is 4.74 Å². The first kappa shape index (κ1) is 21.6. The highest BCUT2D eigenvalue weighted by Gasteiger charge is 2.45. The van der Waals surface area contributed by atoms with E-state index in [1.165, 1.54) is 12.1 Å². The largest absolute Gasteiger partial charge is 0.491 e. The van der Waals surface area contributed by atoms with Crippen molar-refractivity contribution in [2.45, 2.75) is 51.8 Å². The lowest BCUT2D eigenvalue weighted by Gasteiger charge is -2.50. The minimum absolute atomic E-state index is 0.0609. The van der Waals surface area contributed by atoms with Crippen LogP contribution in [0.25, 0.3) is 0 Å². The first-order valence-electron chi connectivity index (χ1n) is 10.9. The summed E-state index contributed by atoms with van der Waals surface area (Å²) in [7, 11) is 2.11. The molecule has 0 aliphatic carbocycles. The van der Waals surface area contributed by atoms with Crippen molar-refractivity contribution in [3.8, 4) is 5.75 Å². The Bertz CT molecular complexity index is 1010. The molecule has 0 atom stereocenters. The van der Waals surface area contributed by atoms with Crippen molar-refractivity contribution in [3.63, 3.8) is 0 Å². The van der Waals surface area contributed by atoms with E-state index in [1.807, 2.05) is 19.9 Å². The van der Waals surface area contributed by atoms with Gasteiger partial charge in [-0.1, -0.05) is 0 Å². The Balaban J connectivity index is 1.53. The maximum absolute atomic E-state index is 14.6. The third-order valence-electron chi connectivity index (χ3n) is 6.63. The van der Waals surface area contributed by atoms with Gasteiger partial charge >= 0.3 is 0 Å². The van der Waals surface area contributed by atoms with Crippen molar-refractivity contribution in [3.05, 3.63) is 53.1 Å². The van der Waals surface area contributed by atoms with Gasteiger partial charge in [0.2, 0.25) is 0 Å². The van der Waals surface area contributed by atoms with Gasteiger partial charge in [-0.2, -0.15) is 0 Å². The first-order chi connectivity index (χ1) is 14.7. The normalized spacial score (nSPS) is 18.3.